The Morgan fingerprint density at radius 3 is 2.24 bits per heavy atom. The summed E-state index contributed by atoms with van der Waals surface area (Å²) in [4.78, 5) is 43.8. The van der Waals surface area contributed by atoms with Crippen LogP contribution >= 0.6 is 0 Å². The van der Waals surface area contributed by atoms with E-state index in [9.17, 15) is 24.6 Å². The number of aliphatic hydroxyl groups excluding tert-OH is 1. The first-order valence-corrected chi connectivity index (χ1v) is 13.4. The fraction of sp³-hybridized carbons (Fsp3) is 0.258. The maximum absolute atomic E-state index is 13.2. The molecule has 3 aromatic carbocycles. The number of rotatable bonds is 8. The quantitative estimate of drug-likeness (QED) is 0.313. The molecule has 0 aromatic heterocycles. The second-order valence-electron chi connectivity index (χ2n) is 10.3. The minimum atomic E-state index is -1.09. The van der Waals surface area contributed by atoms with E-state index in [0.29, 0.717) is 40.3 Å². The number of carbonyl (C=O) groups excluding carboxylic acids is 2. The highest BCUT2D eigenvalue weighted by Gasteiger charge is 2.29. The van der Waals surface area contributed by atoms with Crippen LogP contribution in [0.15, 0.2) is 66.7 Å². The number of benzene rings is 3. The second-order valence-corrected chi connectivity index (χ2v) is 10.3. The lowest BCUT2D eigenvalue weighted by atomic mass is 9.98. The zero-order valence-corrected chi connectivity index (χ0v) is 23.1. The zero-order valence-electron chi connectivity index (χ0n) is 23.1. The Bertz CT molecular complexity index is 1490. The van der Waals surface area contributed by atoms with Gasteiger partial charge in [0.1, 0.15) is 0 Å². The Kier molecular flexibility index (Phi) is 8.16. The summed E-state index contributed by atoms with van der Waals surface area (Å²) in [5, 5.41) is 25.2. The second kappa shape index (κ2) is 11.9. The molecule has 5 rings (SSSR count). The van der Waals surface area contributed by atoms with Crippen LogP contribution in [0.2, 0.25) is 0 Å². The highest BCUT2D eigenvalue weighted by Crippen LogP contribution is 2.38. The summed E-state index contributed by atoms with van der Waals surface area (Å²) in [6.45, 7) is 3.85. The number of hydrogen-bond acceptors (Lipinski definition) is 7. The molecular weight excluding hydrogens is 522 g/mol. The summed E-state index contributed by atoms with van der Waals surface area (Å²) >= 11 is 0. The number of carboxylic acid groups (broad SMARTS) is 1. The molecule has 3 aromatic rings. The molecule has 4 N–H and O–H groups in total. The summed E-state index contributed by atoms with van der Waals surface area (Å²) in [5.41, 5.74) is 4.70. The van der Waals surface area contributed by atoms with Gasteiger partial charge in [-0.05, 0) is 60.6 Å². The van der Waals surface area contributed by atoms with Crippen molar-refractivity contribution in [3.8, 4) is 0 Å². The van der Waals surface area contributed by atoms with Crippen LogP contribution in [0.4, 0.5) is 17.1 Å². The average Bonchev–Trinajstić information content (AvgIpc) is 3.31. The van der Waals surface area contributed by atoms with Gasteiger partial charge in [0, 0.05) is 55.9 Å². The molecule has 0 aliphatic carbocycles. The van der Waals surface area contributed by atoms with Gasteiger partial charge >= 0.3 is 5.97 Å². The highest BCUT2D eigenvalue weighted by molar-refractivity contribution is 6.37. The molecule has 212 valence electrons. The van der Waals surface area contributed by atoms with Crippen molar-refractivity contribution >= 4 is 46.1 Å². The Hall–Kier alpha value is -4.51. The lowest BCUT2D eigenvalue weighted by molar-refractivity contribution is -0.119. The number of nitrogens with zero attached hydrogens (tertiary/aromatic N) is 3. The molecule has 10 nitrogen and oxygen atoms in total. The molecule has 0 bridgehead atoms. The van der Waals surface area contributed by atoms with Gasteiger partial charge in [-0.15, -0.1) is 0 Å². The van der Waals surface area contributed by atoms with Crippen LogP contribution in [0.25, 0.3) is 11.3 Å². The largest absolute Gasteiger partial charge is 0.478 e. The van der Waals surface area contributed by atoms with Crippen molar-refractivity contribution < 1.29 is 24.6 Å². The molecular formula is C31H33N5O5. The van der Waals surface area contributed by atoms with Gasteiger partial charge in [-0.1, -0.05) is 24.3 Å². The topological polar surface area (TPSA) is 125 Å². The molecule has 10 heteroatoms. The highest BCUT2D eigenvalue weighted by atomic mass is 16.4. The van der Waals surface area contributed by atoms with Crippen molar-refractivity contribution in [1.29, 1.82) is 0 Å². The van der Waals surface area contributed by atoms with E-state index in [4.69, 9.17) is 0 Å². The van der Waals surface area contributed by atoms with Gasteiger partial charge in [0.25, 0.3) is 5.91 Å². The predicted molar refractivity (Wildman–Crippen MR) is 159 cm³/mol. The van der Waals surface area contributed by atoms with Crippen molar-refractivity contribution in [2.45, 2.75) is 6.61 Å². The van der Waals surface area contributed by atoms with Crippen LogP contribution < -0.4 is 15.5 Å². The van der Waals surface area contributed by atoms with E-state index in [1.165, 1.54) is 12.1 Å². The van der Waals surface area contributed by atoms with Crippen LogP contribution in [0, 0.1) is 0 Å². The molecule has 0 unspecified atom stereocenters. The number of likely N-dealkylation sites (N-methyl/N-ethyl adjacent to an activating group) is 2. The Balaban J connectivity index is 1.43. The fourth-order valence-electron chi connectivity index (χ4n) is 4.96. The lowest BCUT2D eigenvalue weighted by Crippen LogP contribution is -2.48. The summed E-state index contributed by atoms with van der Waals surface area (Å²) in [7, 11) is 3.84. The standard InChI is InChI=1S/C31H33N5O5/c1-34-13-15-36(16-14-34)18-27(38)35(2)24-10-8-23(9-11-24)32-29(21-5-3-20(19-37)4-6-21)28-25-17-22(31(40)41)7-12-26(25)33-30(28)39/h3-12,17,32,37H,13-16,18-19H2,1-2H3,(H,33,39)(H,40,41)/b29-28-. The van der Waals surface area contributed by atoms with Gasteiger partial charge in [-0.3, -0.25) is 14.5 Å². The molecule has 1 saturated heterocycles. The first kappa shape index (κ1) is 28.0. The van der Waals surface area contributed by atoms with E-state index < -0.39 is 5.97 Å². The summed E-state index contributed by atoms with van der Waals surface area (Å²) in [6.07, 6.45) is 0. The van der Waals surface area contributed by atoms with E-state index in [0.717, 1.165) is 37.4 Å². The summed E-state index contributed by atoms with van der Waals surface area (Å²) in [6, 6.07) is 19.0. The molecule has 2 aliphatic rings. The number of carbonyl (C=O) groups is 3. The molecule has 1 fully saturated rings. The maximum Gasteiger partial charge on any atom is 0.335 e. The Labute approximate surface area is 238 Å². The number of nitrogens with one attached hydrogen (secondary N) is 2. The number of carboxylic acids is 1. The molecule has 2 aliphatic heterocycles. The van der Waals surface area contributed by atoms with Crippen LogP contribution in [0.3, 0.4) is 0 Å². The van der Waals surface area contributed by atoms with Gasteiger partial charge in [0.05, 0.1) is 30.0 Å². The molecule has 2 heterocycles. The SMILES string of the molecule is CN1CCN(CC(=O)N(C)c2ccc(N/C(=C3\C(=O)Nc4ccc(C(=O)O)cc43)c3ccc(CO)cc3)cc2)CC1. The van der Waals surface area contributed by atoms with Crippen molar-refractivity contribution in [3.63, 3.8) is 0 Å². The van der Waals surface area contributed by atoms with Gasteiger partial charge in [-0.25, -0.2) is 4.79 Å². The Morgan fingerprint density at radius 2 is 1.61 bits per heavy atom. The van der Waals surface area contributed by atoms with Gasteiger partial charge < -0.3 is 30.6 Å². The van der Waals surface area contributed by atoms with Crippen LogP contribution in [0.5, 0.6) is 0 Å². The minimum absolute atomic E-state index is 0.00973. The maximum atomic E-state index is 13.2. The lowest BCUT2D eigenvalue weighted by Gasteiger charge is -2.32. The monoisotopic (exact) mass is 555 g/mol. The van der Waals surface area contributed by atoms with E-state index in [-0.39, 0.29) is 24.0 Å². The molecule has 41 heavy (non-hydrogen) atoms. The molecule has 0 radical (unpaired) electrons. The van der Waals surface area contributed by atoms with Crippen molar-refractivity contribution in [2.75, 3.05) is 62.4 Å². The van der Waals surface area contributed by atoms with Crippen LogP contribution in [0.1, 0.15) is 27.0 Å². The number of aliphatic hydroxyl groups is 1. The van der Waals surface area contributed by atoms with Crippen molar-refractivity contribution in [3.05, 3.63) is 89.0 Å². The van der Waals surface area contributed by atoms with E-state index in [1.54, 1.807) is 42.3 Å². The van der Waals surface area contributed by atoms with E-state index in [1.807, 2.05) is 24.3 Å². The zero-order chi connectivity index (χ0) is 29.1. The van der Waals surface area contributed by atoms with Gasteiger partial charge in [-0.2, -0.15) is 0 Å². The average molecular weight is 556 g/mol. The first-order chi connectivity index (χ1) is 19.7. The number of aromatic carboxylic acids is 1. The molecule has 0 spiro atoms. The number of piperazine rings is 1. The third kappa shape index (κ3) is 6.14. The number of anilines is 3. The van der Waals surface area contributed by atoms with E-state index in [2.05, 4.69) is 27.5 Å². The number of hydrogen-bond donors (Lipinski definition) is 4. The number of amides is 2. The summed E-state index contributed by atoms with van der Waals surface area (Å²) in [5.74, 6) is -1.44. The third-order valence-corrected chi connectivity index (χ3v) is 7.54. The molecule has 2 amide bonds. The van der Waals surface area contributed by atoms with Crippen LogP contribution in [-0.2, 0) is 16.2 Å². The third-order valence-electron chi connectivity index (χ3n) is 7.54. The van der Waals surface area contributed by atoms with Gasteiger partial charge in [0.15, 0.2) is 0 Å². The smallest absolute Gasteiger partial charge is 0.335 e. The normalized spacial score (nSPS) is 16.6. The Morgan fingerprint density at radius 1 is 0.951 bits per heavy atom. The van der Waals surface area contributed by atoms with E-state index >= 15 is 0 Å². The van der Waals surface area contributed by atoms with Crippen molar-refractivity contribution in [1.82, 2.24) is 9.80 Å². The minimum Gasteiger partial charge on any atom is -0.478 e. The van der Waals surface area contributed by atoms with Crippen molar-refractivity contribution in [2.24, 2.45) is 0 Å². The number of fused-ring (bicyclic) bond motifs is 1. The summed E-state index contributed by atoms with van der Waals surface area (Å²) < 4.78 is 0. The predicted octanol–water partition coefficient (Wildman–Crippen LogP) is 3.02. The van der Waals surface area contributed by atoms with Gasteiger partial charge in [0.2, 0.25) is 5.91 Å². The molecule has 0 saturated carbocycles. The fourth-order valence-corrected chi connectivity index (χ4v) is 4.96. The first-order valence-electron chi connectivity index (χ1n) is 13.4. The van der Waals surface area contributed by atoms with Crippen LogP contribution in [-0.4, -0.2) is 84.6 Å². The molecule has 0 atom stereocenters.